The number of hydrogen-bond donors (Lipinski definition) is 1. The van der Waals surface area contributed by atoms with Crippen molar-refractivity contribution >= 4 is 57.3 Å². The molecular weight excluding hydrogens is 325 g/mol. The summed E-state index contributed by atoms with van der Waals surface area (Å²) < 4.78 is 0.792. The monoisotopic (exact) mass is 333 g/mol. The van der Waals surface area contributed by atoms with Crippen molar-refractivity contribution in [3.05, 3.63) is 34.9 Å². The Morgan fingerprint density at radius 1 is 1.32 bits per heavy atom. The molecule has 0 aliphatic heterocycles. The van der Waals surface area contributed by atoms with Crippen LogP contribution in [0.3, 0.4) is 0 Å². The number of halogens is 2. The summed E-state index contributed by atoms with van der Waals surface area (Å²) >= 11 is 14.1. The molecule has 0 bridgehead atoms. The Bertz CT molecular complexity index is 559. The largest absolute Gasteiger partial charge is 0.299 e. The summed E-state index contributed by atoms with van der Waals surface area (Å²) in [5.41, 5.74) is 1.15. The van der Waals surface area contributed by atoms with Crippen molar-refractivity contribution in [1.29, 1.82) is 0 Å². The first-order valence-corrected chi connectivity index (χ1v) is 7.95. The first-order valence-electron chi connectivity index (χ1n) is 5.24. The average molecular weight is 334 g/mol. The summed E-state index contributed by atoms with van der Waals surface area (Å²) in [6.45, 7) is 0. The minimum absolute atomic E-state index is 0.0904. The van der Waals surface area contributed by atoms with Crippen LogP contribution in [0.2, 0.25) is 5.02 Å². The predicted octanol–water partition coefficient (Wildman–Crippen LogP) is 3.66. The van der Waals surface area contributed by atoms with Gasteiger partial charge in [-0.1, -0.05) is 46.8 Å². The van der Waals surface area contributed by atoms with Crippen LogP contribution in [0.15, 0.2) is 28.6 Å². The Kier molecular flexibility index (Phi) is 5.45. The van der Waals surface area contributed by atoms with Gasteiger partial charge in [0.25, 0.3) is 0 Å². The quantitative estimate of drug-likeness (QED) is 0.515. The van der Waals surface area contributed by atoms with Gasteiger partial charge in [-0.05, 0) is 17.7 Å². The van der Waals surface area contributed by atoms with Gasteiger partial charge in [-0.3, -0.25) is 10.1 Å². The number of benzene rings is 1. The standard InChI is InChI=1S/C11H9Cl2N3OS2/c12-5-9(17)14-10-15-16-11(19-10)18-6-7-1-3-8(13)4-2-7/h1-4H,5-6H2,(H,14,15,17). The predicted molar refractivity (Wildman–Crippen MR) is 80.3 cm³/mol. The maximum absolute atomic E-state index is 11.1. The van der Waals surface area contributed by atoms with Gasteiger partial charge in [0.15, 0.2) is 4.34 Å². The maximum Gasteiger partial charge on any atom is 0.241 e. The van der Waals surface area contributed by atoms with Gasteiger partial charge in [0.1, 0.15) is 5.88 Å². The molecule has 1 N–H and O–H groups in total. The topological polar surface area (TPSA) is 54.9 Å². The summed E-state index contributed by atoms with van der Waals surface area (Å²) in [5, 5.41) is 11.6. The van der Waals surface area contributed by atoms with Gasteiger partial charge < -0.3 is 0 Å². The summed E-state index contributed by atoms with van der Waals surface area (Å²) in [7, 11) is 0. The van der Waals surface area contributed by atoms with Crippen molar-refractivity contribution in [1.82, 2.24) is 10.2 Å². The number of thioether (sulfide) groups is 1. The highest BCUT2D eigenvalue weighted by atomic mass is 35.5. The molecule has 0 saturated carbocycles. The van der Waals surface area contributed by atoms with E-state index in [4.69, 9.17) is 23.2 Å². The van der Waals surface area contributed by atoms with E-state index in [0.717, 1.165) is 20.7 Å². The number of nitrogens with zero attached hydrogens (tertiary/aromatic N) is 2. The summed E-state index contributed by atoms with van der Waals surface area (Å²) in [5.74, 6) is 0.398. The van der Waals surface area contributed by atoms with Crippen molar-refractivity contribution in [3.8, 4) is 0 Å². The van der Waals surface area contributed by atoms with Crippen LogP contribution in [-0.2, 0) is 10.5 Å². The zero-order valence-corrected chi connectivity index (χ0v) is 12.7. The van der Waals surface area contributed by atoms with E-state index in [1.807, 2.05) is 24.3 Å². The second-order valence-corrected chi connectivity index (χ2v) is 6.37. The van der Waals surface area contributed by atoms with Gasteiger partial charge in [0, 0.05) is 10.8 Å². The van der Waals surface area contributed by atoms with Gasteiger partial charge in [-0.2, -0.15) is 0 Å². The van der Waals surface area contributed by atoms with Crippen LogP contribution in [0.4, 0.5) is 5.13 Å². The van der Waals surface area contributed by atoms with Crippen LogP contribution in [-0.4, -0.2) is 22.0 Å². The molecule has 0 radical (unpaired) electrons. The van der Waals surface area contributed by atoms with Crippen LogP contribution in [0.25, 0.3) is 0 Å². The van der Waals surface area contributed by atoms with E-state index in [1.54, 1.807) is 11.8 Å². The Balaban J connectivity index is 1.89. The third-order valence-electron chi connectivity index (χ3n) is 2.05. The molecule has 0 atom stereocenters. The molecule has 8 heteroatoms. The molecule has 0 aliphatic carbocycles. The minimum Gasteiger partial charge on any atom is -0.299 e. The summed E-state index contributed by atoms with van der Waals surface area (Å²) in [4.78, 5) is 11.1. The number of alkyl halides is 1. The molecule has 2 aromatic rings. The first-order chi connectivity index (χ1) is 9.17. The van der Waals surface area contributed by atoms with Crippen molar-refractivity contribution < 1.29 is 4.79 Å². The Morgan fingerprint density at radius 3 is 2.74 bits per heavy atom. The maximum atomic E-state index is 11.1. The minimum atomic E-state index is -0.285. The Hall–Kier alpha value is -0.820. The number of carbonyl (C=O) groups excluding carboxylic acids is 1. The van der Waals surface area contributed by atoms with Crippen molar-refractivity contribution in [2.75, 3.05) is 11.2 Å². The molecule has 0 fully saturated rings. The number of amides is 1. The number of hydrogen-bond acceptors (Lipinski definition) is 5. The van der Waals surface area contributed by atoms with Crippen molar-refractivity contribution in [2.24, 2.45) is 0 Å². The van der Waals surface area contributed by atoms with Gasteiger partial charge in [-0.15, -0.1) is 21.8 Å². The lowest BCUT2D eigenvalue weighted by Gasteiger charge is -1.98. The zero-order valence-electron chi connectivity index (χ0n) is 9.60. The third kappa shape index (κ3) is 4.65. The fourth-order valence-electron chi connectivity index (χ4n) is 1.20. The Labute approximate surface area is 128 Å². The lowest BCUT2D eigenvalue weighted by atomic mass is 10.2. The number of aromatic nitrogens is 2. The second-order valence-electron chi connectivity index (χ2n) is 3.47. The molecule has 2 rings (SSSR count). The molecule has 1 amide bonds. The third-order valence-corrected chi connectivity index (χ3v) is 4.59. The Morgan fingerprint density at radius 2 is 2.05 bits per heavy atom. The van der Waals surface area contributed by atoms with Crippen LogP contribution in [0, 0.1) is 0 Å². The summed E-state index contributed by atoms with van der Waals surface area (Å²) in [6.07, 6.45) is 0. The SMILES string of the molecule is O=C(CCl)Nc1nnc(SCc2ccc(Cl)cc2)s1. The molecule has 0 aliphatic rings. The molecular formula is C11H9Cl2N3OS2. The number of nitrogens with one attached hydrogen (secondary N) is 1. The number of carbonyl (C=O) groups is 1. The van der Waals surface area contributed by atoms with E-state index in [9.17, 15) is 4.79 Å². The zero-order chi connectivity index (χ0) is 13.7. The fourth-order valence-corrected chi connectivity index (χ4v) is 3.11. The van der Waals surface area contributed by atoms with Crippen LogP contribution < -0.4 is 5.32 Å². The van der Waals surface area contributed by atoms with Gasteiger partial charge in [-0.25, -0.2) is 0 Å². The molecule has 4 nitrogen and oxygen atoms in total. The number of anilines is 1. The summed E-state index contributed by atoms with van der Waals surface area (Å²) in [6, 6.07) is 7.63. The van der Waals surface area contributed by atoms with Crippen LogP contribution in [0.1, 0.15) is 5.56 Å². The normalized spacial score (nSPS) is 10.4. The van der Waals surface area contributed by atoms with E-state index < -0.39 is 0 Å². The molecule has 1 aromatic carbocycles. The molecule has 19 heavy (non-hydrogen) atoms. The van der Waals surface area contributed by atoms with E-state index in [1.165, 1.54) is 11.3 Å². The highest BCUT2D eigenvalue weighted by Crippen LogP contribution is 2.28. The molecule has 100 valence electrons. The highest BCUT2D eigenvalue weighted by molar-refractivity contribution is 8.00. The van der Waals surface area contributed by atoms with E-state index >= 15 is 0 Å². The molecule has 1 aromatic heterocycles. The van der Waals surface area contributed by atoms with Crippen molar-refractivity contribution in [3.63, 3.8) is 0 Å². The van der Waals surface area contributed by atoms with E-state index in [0.29, 0.717) is 5.13 Å². The first kappa shape index (κ1) is 14.6. The van der Waals surface area contributed by atoms with E-state index in [2.05, 4.69) is 15.5 Å². The fraction of sp³-hybridized carbons (Fsp3) is 0.182. The lowest BCUT2D eigenvalue weighted by Crippen LogP contribution is -2.12. The van der Waals surface area contributed by atoms with Crippen LogP contribution in [0.5, 0.6) is 0 Å². The lowest BCUT2D eigenvalue weighted by molar-refractivity contribution is -0.113. The average Bonchev–Trinajstić information content (AvgIpc) is 2.85. The molecule has 0 unspecified atom stereocenters. The molecule has 0 saturated heterocycles. The highest BCUT2D eigenvalue weighted by Gasteiger charge is 2.07. The molecule has 0 spiro atoms. The van der Waals surface area contributed by atoms with E-state index in [-0.39, 0.29) is 11.8 Å². The van der Waals surface area contributed by atoms with Gasteiger partial charge in [0.2, 0.25) is 11.0 Å². The van der Waals surface area contributed by atoms with Gasteiger partial charge in [0.05, 0.1) is 0 Å². The van der Waals surface area contributed by atoms with Crippen molar-refractivity contribution in [2.45, 2.75) is 10.1 Å². The molecule has 1 heterocycles. The second kappa shape index (κ2) is 7.09. The number of rotatable bonds is 5. The van der Waals surface area contributed by atoms with Gasteiger partial charge >= 0.3 is 0 Å². The van der Waals surface area contributed by atoms with Crippen LogP contribution >= 0.6 is 46.3 Å². The smallest absolute Gasteiger partial charge is 0.241 e.